The molecule has 2 atom stereocenters. The van der Waals surface area contributed by atoms with Crippen molar-refractivity contribution >= 4 is 35.8 Å². The highest BCUT2D eigenvalue weighted by atomic mass is 127. The first-order valence-electron chi connectivity index (χ1n) is 9.34. The van der Waals surface area contributed by atoms with Crippen molar-refractivity contribution in [3.05, 3.63) is 24.2 Å². The van der Waals surface area contributed by atoms with Gasteiger partial charge in [-0.25, -0.2) is 4.99 Å². The molecule has 1 aromatic heterocycles. The maximum Gasteiger partial charge on any atom is 0.251 e. The number of nitrogens with zero attached hydrogens (tertiary/aromatic N) is 3. The number of carbonyl (C=O) groups excluding carboxylic acids is 1. The zero-order chi connectivity index (χ0) is 18.4. The van der Waals surface area contributed by atoms with Crippen LogP contribution in [0.3, 0.4) is 0 Å². The van der Waals surface area contributed by atoms with E-state index in [4.69, 9.17) is 9.15 Å². The fourth-order valence-electron chi connectivity index (χ4n) is 3.28. The second-order valence-corrected chi connectivity index (χ2v) is 6.54. The second kappa shape index (κ2) is 10.9. The minimum Gasteiger partial charge on any atom is -0.467 e. The van der Waals surface area contributed by atoms with E-state index in [1.165, 1.54) is 6.26 Å². The standard InChI is InChI=1S/C18H28N4O4.HI/c1-2-19-18(20-13-14(23)15-5-3-11-25-15)22-9-7-21(8-10-22)17(24)16-6-4-12-26-16;/h3,5,11,14,16,23H,2,4,6-10,12-13H2,1H3,(H,19,20);1H. The average molecular weight is 492 g/mol. The Morgan fingerprint density at radius 1 is 1.37 bits per heavy atom. The van der Waals surface area contributed by atoms with Crippen LogP contribution in [0.5, 0.6) is 0 Å². The number of ether oxygens (including phenoxy) is 1. The quantitative estimate of drug-likeness (QED) is 0.365. The monoisotopic (exact) mass is 492 g/mol. The fourth-order valence-corrected chi connectivity index (χ4v) is 3.28. The summed E-state index contributed by atoms with van der Waals surface area (Å²) in [5, 5.41) is 13.4. The SMILES string of the molecule is CCNC(=NCC(O)c1ccco1)N1CCN(C(=O)C2CCCO2)CC1.I. The molecule has 3 rings (SSSR count). The van der Waals surface area contributed by atoms with E-state index in [-0.39, 0.29) is 42.5 Å². The molecule has 2 N–H and O–H groups in total. The summed E-state index contributed by atoms with van der Waals surface area (Å²) in [5.74, 6) is 1.37. The van der Waals surface area contributed by atoms with Gasteiger partial charge in [0.15, 0.2) is 5.96 Å². The number of hydrogen-bond acceptors (Lipinski definition) is 5. The van der Waals surface area contributed by atoms with Gasteiger partial charge in [0.25, 0.3) is 5.91 Å². The summed E-state index contributed by atoms with van der Waals surface area (Å²) in [5.41, 5.74) is 0. The number of amides is 1. The number of aliphatic hydroxyl groups excluding tert-OH is 1. The van der Waals surface area contributed by atoms with Crippen molar-refractivity contribution in [2.45, 2.75) is 32.0 Å². The number of hydrogen-bond donors (Lipinski definition) is 2. The lowest BCUT2D eigenvalue weighted by molar-refractivity contribution is -0.142. The molecule has 1 amide bonds. The highest BCUT2D eigenvalue weighted by Crippen LogP contribution is 2.16. The van der Waals surface area contributed by atoms with Crippen LogP contribution in [0, 0.1) is 0 Å². The van der Waals surface area contributed by atoms with Gasteiger partial charge in [0, 0.05) is 39.3 Å². The van der Waals surface area contributed by atoms with E-state index in [9.17, 15) is 9.90 Å². The van der Waals surface area contributed by atoms with Crippen LogP contribution in [0.4, 0.5) is 0 Å². The summed E-state index contributed by atoms with van der Waals surface area (Å²) in [6, 6.07) is 3.49. The topological polar surface area (TPSA) is 90.5 Å². The smallest absolute Gasteiger partial charge is 0.251 e. The molecule has 152 valence electrons. The third-order valence-electron chi connectivity index (χ3n) is 4.72. The summed E-state index contributed by atoms with van der Waals surface area (Å²) in [7, 11) is 0. The van der Waals surface area contributed by atoms with E-state index < -0.39 is 6.10 Å². The van der Waals surface area contributed by atoms with Gasteiger partial charge < -0.3 is 29.4 Å². The van der Waals surface area contributed by atoms with E-state index in [1.807, 2.05) is 11.8 Å². The predicted molar refractivity (Wildman–Crippen MR) is 112 cm³/mol. The zero-order valence-electron chi connectivity index (χ0n) is 15.7. The first-order valence-corrected chi connectivity index (χ1v) is 9.34. The molecule has 0 bridgehead atoms. The lowest BCUT2D eigenvalue weighted by Gasteiger charge is -2.37. The Labute approximate surface area is 177 Å². The van der Waals surface area contributed by atoms with Crippen molar-refractivity contribution in [1.29, 1.82) is 0 Å². The normalized spacial score (nSPS) is 21.7. The van der Waals surface area contributed by atoms with Gasteiger partial charge in [-0.15, -0.1) is 24.0 Å². The van der Waals surface area contributed by atoms with E-state index in [0.717, 1.165) is 25.3 Å². The predicted octanol–water partition coefficient (Wildman–Crippen LogP) is 1.22. The molecular formula is C18H29IN4O4. The van der Waals surface area contributed by atoms with Crippen molar-refractivity contribution in [2.24, 2.45) is 4.99 Å². The van der Waals surface area contributed by atoms with Gasteiger partial charge in [-0.05, 0) is 31.9 Å². The molecule has 27 heavy (non-hydrogen) atoms. The Morgan fingerprint density at radius 3 is 2.70 bits per heavy atom. The average Bonchev–Trinajstić information content (AvgIpc) is 3.38. The number of carbonyl (C=O) groups is 1. The number of aliphatic imine (C=N–C) groups is 1. The van der Waals surface area contributed by atoms with Gasteiger partial charge in [0.1, 0.15) is 18.0 Å². The zero-order valence-corrected chi connectivity index (χ0v) is 18.0. The van der Waals surface area contributed by atoms with Crippen LogP contribution >= 0.6 is 24.0 Å². The molecule has 0 saturated carbocycles. The molecule has 0 spiro atoms. The molecule has 0 radical (unpaired) electrons. The van der Waals surface area contributed by atoms with Gasteiger partial charge in [-0.1, -0.05) is 0 Å². The largest absolute Gasteiger partial charge is 0.467 e. The third-order valence-corrected chi connectivity index (χ3v) is 4.72. The van der Waals surface area contributed by atoms with Gasteiger partial charge in [0.2, 0.25) is 0 Å². The van der Waals surface area contributed by atoms with E-state index in [2.05, 4.69) is 15.2 Å². The number of rotatable bonds is 5. The molecule has 2 aliphatic rings. The molecular weight excluding hydrogens is 463 g/mol. The molecule has 3 heterocycles. The van der Waals surface area contributed by atoms with Crippen LogP contribution in [-0.4, -0.2) is 78.8 Å². The summed E-state index contributed by atoms with van der Waals surface area (Å²) < 4.78 is 10.7. The minimum atomic E-state index is -0.763. The Kier molecular flexibility index (Phi) is 8.84. The first kappa shape index (κ1) is 22.0. The van der Waals surface area contributed by atoms with E-state index in [1.54, 1.807) is 12.1 Å². The molecule has 2 aliphatic heterocycles. The van der Waals surface area contributed by atoms with Crippen molar-refractivity contribution in [1.82, 2.24) is 15.1 Å². The molecule has 2 fully saturated rings. The molecule has 0 aliphatic carbocycles. The number of nitrogens with one attached hydrogen (secondary N) is 1. The maximum atomic E-state index is 12.4. The Morgan fingerprint density at radius 2 is 2.11 bits per heavy atom. The van der Waals surface area contributed by atoms with E-state index >= 15 is 0 Å². The van der Waals surface area contributed by atoms with Crippen molar-refractivity contribution < 1.29 is 19.1 Å². The Balaban J connectivity index is 0.00000261. The summed E-state index contributed by atoms with van der Waals surface area (Å²) in [6.45, 7) is 6.40. The molecule has 0 aromatic carbocycles. The van der Waals surface area contributed by atoms with Gasteiger partial charge in [0.05, 0.1) is 12.8 Å². The number of aliphatic hydroxyl groups is 1. The number of halogens is 1. The molecule has 8 nitrogen and oxygen atoms in total. The lowest BCUT2D eigenvalue weighted by Crippen LogP contribution is -2.55. The van der Waals surface area contributed by atoms with Crippen LogP contribution in [0.2, 0.25) is 0 Å². The second-order valence-electron chi connectivity index (χ2n) is 6.54. The highest BCUT2D eigenvalue weighted by Gasteiger charge is 2.30. The number of piperazine rings is 1. The number of guanidine groups is 1. The highest BCUT2D eigenvalue weighted by molar-refractivity contribution is 14.0. The molecule has 1 aromatic rings. The van der Waals surface area contributed by atoms with Gasteiger partial charge >= 0.3 is 0 Å². The third kappa shape index (κ3) is 5.82. The summed E-state index contributed by atoms with van der Waals surface area (Å²) in [6.07, 6.45) is 2.31. The molecule has 9 heteroatoms. The van der Waals surface area contributed by atoms with Crippen LogP contribution in [0.25, 0.3) is 0 Å². The van der Waals surface area contributed by atoms with Crippen molar-refractivity contribution in [3.8, 4) is 0 Å². The van der Waals surface area contributed by atoms with E-state index in [0.29, 0.717) is 38.5 Å². The summed E-state index contributed by atoms with van der Waals surface area (Å²) >= 11 is 0. The lowest BCUT2D eigenvalue weighted by atomic mass is 10.2. The first-order chi connectivity index (χ1) is 12.7. The Bertz CT molecular complexity index is 597. The van der Waals surface area contributed by atoms with Crippen molar-refractivity contribution in [2.75, 3.05) is 45.9 Å². The minimum absolute atomic E-state index is 0. The molecule has 2 unspecified atom stereocenters. The Hall–Kier alpha value is -1.33. The van der Waals surface area contributed by atoms with Crippen molar-refractivity contribution in [3.63, 3.8) is 0 Å². The van der Waals surface area contributed by atoms with Crippen LogP contribution < -0.4 is 5.32 Å². The number of furan rings is 1. The van der Waals surface area contributed by atoms with Crippen LogP contribution in [-0.2, 0) is 9.53 Å². The van der Waals surface area contributed by atoms with Crippen LogP contribution in [0.15, 0.2) is 27.8 Å². The van der Waals surface area contributed by atoms with Crippen LogP contribution in [0.1, 0.15) is 31.6 Å². The molecule has 2 saturated heterocycles. The van der Waals surface area contributed by atoms with Gasteiger partial charge in [-0.2, -0.15) is 0 Å². The fraction of sp³-hybridized carbons (Fsp3) is 0.667. The maximum absolute atomic E-state index is 12.4. The summed E-state index contributed by atoms with van der Waals surface area (Å²) in [4.78, 5) is 21.0. The van der Waals surface area contributed by atoms with Gasteiger partial charge in [-0.3, -0.25) is 4.79 Å².